The number of benzene rings is 2. The Morgan fingerprint density at radius 1 is 1.14 bits per heavy atom. The predicted molar refractivity (Wildman–Crippen MR) is 120 cm³/mol. The summed E-state index contributed by atoms with van der Waals surface area (Å²) < 4.78 is 0. The van der Waals surface area contributed by atoms with E-state index < -0.39 is 0 Å². The third kappa shape index (κ3) is 3.82. The van der Waals surface area contributed by atoms with Crippen molar-refractivity contribution in [1.82, 2.24) is 9.88 Å². The highest BCUT2D eigenvalue weighted by atomic mass is 16.3. The van der Waals surface area contributed by atoms with Crippen LogP contribution in [0.3, 0.4) is 0 Å². The maximum atomic E-state index is 12.7. The van der Waals surface area contributed by atoms with E-state index in [4.69, 9.17) is 5.11 Å². The van der Waals surface area contributed by atoms with E-state index in [2.05, 4.69) is 42.4 Å². The van der Waals surface area contributed by atoms with E-state index in [9.17, 15) is 4.79 Å². The van der Waals surface area contributed by atoms with E-state index in [1.165, 1.54) is 23.1 Å². The number of aliphatic hydroxyl groups excluding tert-OH is 1. The topological polar surface area (TPSA) is 56.3 Å². The molecule has 3 aromatic rings. The number of fused-ring (bicyclic) bond motifs is 1. The first kappa shape index (κ1) is 21.1. The maximum absolute atomic E-state index is 12.7. The van der Waals surface area contributed by atoms with Gasteiger partial charge in [-0.05, 0) is 49.1 Å². The van der Waals surface area contributed by atoms with Crippen LogP contribution in [0, 0.1) is 6.92 Å². The molecule has 2 aromatic carbocycles. The number of aryl methyl sites for hydroxylation is 1. The number of nitrogens with zero attached hydrogens (tertiary/aromatic N) is 1. The normalized spacial score (nSPS) is 14.7. The Kier molecular flexibility index (Phi) is 6.43. The molecule has 0 radical (unpaired) electrons. The van der Waals surface area contributed by atoms with Crippen LogP contribution in [0.15, 0.2) is 48.7 Å². The minimum Gasteiger partial charge on any atom is -0.395 e. The van der Waals surface area contributed by atoms with Gasteiger partial charge in [-0.2, -0.15) is 0 Å². The summed E-state index contributed by atoms with van der Waals surface area (Å²) in [7, 11) is 1.72. The quantitative estimate of drug-likeness (QED) is 0.639. The Labute approximate surface area is 173 Å². The van der Waals surface area contributed by atoms with Gasteiger partial charge in [-0.25, -0.2) is 0 Å². The zero-order valence-electron chi connectivity index (χ0n) is 18.0. The van der Waals surface area contributed by atoms with E-state index in [1.807, 2.05) is 32.0 Å². The summed E-state index contributed by atoms with van der Waals surface area (Å²) in [5.41, 5.74) is 5.67. The fourth-order valence-electron chi connectivity index (χ4n) is 4.24. The van der Waals surface area contributed by atoms with Crippen molar-refractivity contribution < 1.29 is 9.90 Å². The second-order valence-corrected chi connectivity index (χ2v) is 7.71. The largest absolute Gasteiger partial charge is 0.395 e. The SMILES string of the molecule is CC.Cc1ccc(C2(c3c[nH]c4ccc(C(=O)N(C)CCO)cc34)CCC2)cc1. The first-order chi connectivity index (χ1) is 14.0. The molecular weight excluding hydrogens is 360 g/mol. The van der Waals surface area contributed by atoms with Crippen molar-refractivity contribution in [3.8, 4) is 0 Å². The van der Waals surface area contributed by atoms with Crippen molar-refractivity contribution in [2.45, 2.75) is 45.4 Å². The van der Waals surface area contributed by atoms with E-state index in [1.54, 1.807) is 11.9 Å². The molecule has 1 amide bonds. The number of hydrogen-bond donors (Lipinski definition) is 2. The number of carbonyl (C=O) groups excluding carboxylic acids is 1. The van der Waals surface area contributed by atoms with Crippen LogP contribution in [-0.2, 0) is 5.41 Å². The maximum Gasteiger partial charge on any atom is 0.253 e. The summed E-state index contributed by atoms with van der Waals surface area (Å²) >= 11 is 0. The van der Waals surface area contributed by atoms with Gasteiger partial charge in [0.1, 0.15) is 0 Å². The molecule has 1 aliphatic rings. The molecule has 4 heteroatoms. The minimum atomic E-state index is -0.0592. The zero-order chi connectivity index (χ0) is 21.0. The Bertz CT molecular complexity index is 968. The molecule has 1 aromatic heterocycles. The molecule has 154 valence electrons. The van der Waals surface area contributed by atoms with Gasteiger partial charge in [0, 0.05) is 41.7 Å². The Morgan fingerprint density at radius 2 is 1.83 bits per heavy atom. The number of amides is 1. The number of H-pyrrole nitrogens is 1. The van der Waals surface area contributed by atoms with Crippen molar-refractivity contribution >= 4 is 16.8 Å². The van der Waals surface area contributed by atoms with Crippen LogP contribution in [-0.4, -0.2) is 41.1 Å². The van der Waals surface area contributed by atoms with Gasteiger partial charge >= 0.3 is 0 Å². The molecular formula is C25H32N2O2. The molecule has 0 atom stereocenters. The fraction of sp³-hybridized carbons (Fsp3) is 0.400. The summed E-state index contributed by atoms with van der Waals surface area (Å²) in [6, 6.07) is 14.7. The van der Waals surface area contributed by atoms with E-state index in [0.717, 1.165) is 23.7 Å². The monoisotopic (exact) mass is 392 g/mol. The van der Waals surface area contributed by atoms with Crippen molar-refractivity contribution in [3.05, 3.63) is 70.9 Å². The molecule has 0 bridgehead atoms. The van der Waals surface area contributed by atoms with Gasteiger partial charge in [-0.15, -0.1) is 0 Å². The van der Waals surface area contributed by atoms with Gasteiger partial charge in [-0.1, -0.05) is 50.1 Å². The van der Waals surface area contributed by atoms with Crippen molar-refractivity contribution in [2.75, 3.05) is 20.2 Å². The molecule has 1 saturated carbocycles. The minimum absolute atomic E-state index is 0.0313. The second kappa shape index (κ2) is 8.83. The second-order valence-electron chi connectivity index (χ2n) is 7.71. The van der Waals surface area contributed by atoms with Gasteiger partial charge in [0.15, 0.2) is 0 Å². The molecule has 29 heavy (non-hydrogen) atoms. The van der Waals surface area contributed by atoms with Crippen LogP contribution in [0.2, 0.25) is 0 Å². The molecule has 2 N–H and O–H groups in total. The highest BCUT2D eigenvalue weighted by Gasteiger charge is 2.41. The van der Waals surface area contributed by atoms with E-state index >= 15 is 0 Å². The molecule has 0 saturated heterocycles. The number of likely N-dealkylation sites (N-methyl/N-ethyl adjacent to an activating group) is 1. The molecule has 1 aliphatic carbocycles. The summed E-state index contributed by atoms with van der Waals surface area (Å²) in [4.78, 5) is 17.6. The Balaban J connectivity index is 0.00000117. The predicted octanol–water partition coefficient (Wildman–Crippen LogP) is 5.04. The third-order valence-corrected chi connectivity index (χ3v) is 6.04. The van der Waals surface area contributed by atoms with Crippen molar-refractivity contribution in [1.29, 1.82) is 0 Å². The lowest BCUT2D eigenvalue weighted by Crippen LogP contribution is -2.35. The highest BCUT2D eigenvalue weighted by Crippen LogP contribution is 2.51. The molecule has 4 rings (SSSR count). The molecule has 0 unspecified atom stereocenters. The summed E-state index contributed by atoms with van der Waals surface area (Å²) in [6.07, 6.45) is 5.60. The smallest absolute Gasteiger partial charge is 0.253 e. The number of aromatic nitrogens is 1. The molecule has 0 aliphatic heterocycles. The van der Waals surface area contributed by atoms with E-state index in [-0.39, 0.29) is 17.9 Å². The van der Waals surface area contributed by atoms with E-state index in [0.29, 0.717) is 12.1 Å². The number of hydrogen-bond acceptors (Lipinski definition) is 2. The zero-order valence-corrected chi connectivity index (χ0v) is 18.0. The van der Waals surface area contributed by atoms with Crippen molar-refractivity contribution in [2.24, 2.45) is 0 Å². The van der Waals surface area contributed by atoms with Crippen LogP contribution in [0.25, 0.3) is 10.9 Å². The summed E-state index contributed by atoms with van der Waals surface area (Å²) in [6.45, 7) is 6.42. The van der Waals surface area contributed by atoms with Gasteiger partial charge in [0.2, 0.25) is 0 Å². The van der Waals surface area contributed by atoms with Gasteiger partial charge in [-0.3, -0.25) is 4.79 Å². The van der Waals surface area contributed by atoms with Gasteiger partial charge < -0.3 is 15.0 Å². The summed E-state index contributed by atoms with van der Waals surface area (Å²) in [5.74, 6) is -0.0592. The Morgan fingerprint density at radius 3 is 2.41 bits per heavy atom. The number of nitrogens with one attached hydrogen (secondary N) is 1. The van der Waals surface area contributed by atoms with Crippen LogP contribution >= 0.6 is 0 Å². The van der Waals surface area contributed by atoms with Crippen LogP contribution < -0.4 is 0 Å². The Hall–Kier alpha value is -2.59. The number of aliphatic hydroxyl groups is 1. The summed E-state index contributed by atoms with van der Waals surface area (Å²) in [5, 5.41) is 10.2. The van der Waals surface area contributed by atoms with Gasteiger partial charge in [0.25, 0.3) is 5.91 Å². The first-order valence-corrected chi connectivity index (χ1v) is 10.6. The lowest BCUT2D eigenvalue weighted by atomic mass is 9.60. The first-order valence-electron chi connectivity index (χ1n) is 10.6. The molecule has 4 nitrogen and oxygen atoms in total. The third-order valence-electron chi connectivity index (χ3n) is 6.04. The fourth-order valence-corrected chi connectivity index (χ4v) is 4.24. The van der Waals surface area contributed by atoms with Crippen molar-refractivity contribution in [3.63, 3.8) is 0 Å². The van der Waals surface area contributed by atoms with Crippen LogP contribution in [0.5, 0.6) is 0 Å². The lowest BCUT2D eigenvalue weighted by Gasteiger charge is -2.43. The molecule has 1 heterocycles. The lowest BCUT2D eigenvalue weighted by molar-refractivity contribution is 0.0767. The molecule has 0 spiro atoms. The van der Waals surface area contributed by atoms with Crippen LogP contribution in [0.1, 0.15) is 60.2 Å². The van der Waals surface area contributed by atoms with Gasteiger partial charge in [0.05, 0.1) is 6.61 Å². The standard InChI is InChI=1S/C23H26N2O2.C2H6/c1-16-4-7-18(8-5-16)23(10-3-11-23)20-15-24-21-9-6-17(14-19(20)21)22(27)25(2)12-13-26;1-2/h4-9,14-15,24,26H,3,10-13H2,1-2H3;1-2H3. The average Bonchev–Trinajstić information content (AvgIpc) is 3.13. The highest BCUT2D eigenvalue weighted by molar-refractivity contribution is 5.99. The molecule has 1 fully saturated rings. The average molecular weight is 393 g/mol. The van der Waals surface area contributed by atoms with Crippen LogP contribution in [0.4, 0.5) is 0 Å². The number of carbonyl (C=O) groups is 1. The number of rotatable bonds is 5. The number of aromatic amines is 1.